The average molecular weight is 414 g/mol. The summed E-state index contributed by atoms with van der Waals surface area (Å²) in [6.45, 7) is 0.0516. The minimum Gasteiger partial charge on any atom is -0.268 e. The van der Waals surface area contributed by atoms with Crippen LogP contribution in [0, 0.1) is 0 Å². The topological polar surface area (TPSA) is 37.4 Å². The molecule has 0 aliphatic carbocycles. The summed E-state index contributed by atoms with van der Waals surface area (Å²) in [4.78, 5) is 26.8. The van der Waals surface area contributed by atoms with Crippen molar-refractivity contribution in [3.63, 3.8) is 0 Å². The van der Waals surface area contributed by atoms with Crippen LogP contribution in [-0.2, 0) is 11.3 Å². The minimum atomic E-state index is -0.339. The Labute approximate surface area is 170 Å². The number of halogens is 2. The summed E-state index contributed by atoms with van der Waals surface area (Å²) < 4.78 is 0. The van der Waals surface area contributed by atoms with Crippen molar-refractivity contribution in [3.8, 4) is 0 Å². The molecule has 0 spiro atoms. The highest BCUT2D eigenvalue weighted by molar-refractivity contribution is 8.18. The number of hydrogen-bond donors (Lipinski definition) is 0. The van der Waals surface area contributed by atoms with Crippen molar-refractivity contribution < 1.29 is 9.59 Å². The molecule has 4 rings (SSSR count). The highest BCUT2D eigenvalue weighted by Gasteiger charge is 2.35. The predicted molar refractivity (Wildman–Crippen MR) is 112 cm³/mol. The van der Waals surface area contributed by atoms with Crippen LogP contribution in [0.15, 0.2) is 65.6 Å². The zero-order valence-corrected chi connectivity index (χ0v) is 16.3. The Balaban J connectivity index is 1.67. The van der Waals surface area contributed by atoms with Crippen molar-refractivity contribution in [3.05, 3.63) is 86.7 Å². The highest BCUT2D eigenvalue weighted by Crippen LogP contribution is 2.36. The SMILES string of the molecule is O=C1SC(=Cc2cccc3ccccc23)C(=O)N1Cc1c(Cl)cccc1Cl. The Hall–Kier alpha value is -2.27. The number of carbonyl (C=O) groups excluding carboxylic acids is 2. The van der Waals surface area contributed by atoms with Crippen molar-refractivity contribution in [2.45, 2.75) is 6.54 Å². The molecule has 0 radical (unpaired) electrons. The standard InChI is InChI=1S/C21H13Cl2NO2S/c22-17-9-4-10-18(23)16(17)12-24-20(25)19(27-21(24)26)11-14-7-3-6-13-5-1-2-8-15(13)14/h1-11H,12H2. The highest BCUT2D eigenvalue weighted by atomic mass is 35.5. The summed E-state index contributed by atoms with van der Waals surface area (Å²) in [5, 5.41) is 2.64. The molecule has 1 fully saturated rings. The summed E-state index contributed by atoms with van der Waals surface area (Å²) in [7, 11) is 0. The van der Waals surface area contributed by atoms with E-state index in [0.29, 0.717) is 20.5 Å². The number of imide groups is 1. The lowest BCUT2D eigenvalue weighted by atomic mass is 10.0. The van der Waals surface area contributed by atoms with E-state index in [1.165, 1.54) is 4.90 Å². The normalized spacial score (nSPS) is 15.9. The molecule has 1 aliphatic heterocycles. The van der Waals surface area contributed by atoms with Crippen LogP contribution >= 0.6 is 35.0 Å². The largest absolute Gasteiger partial charge is 0.293 e. The fourth-order valence-electron chi connectivity index (χ4n) is 3.00. The predicted octanol–water partition coefficient (Wildman–Crippen LogP) is 6.38. The third-order valence-corrected chi connectivity index (χ3v) is 5.98. The Morgan fingerprint density at radius 3 is 2.33 bits per heavy atom. The molecule has 2 amide bonds. The van der Waals surface area contributed by atoms with E-state index < -0.39 is 0 Å². The molecule has 0 N–H and O–H groups in total. The van der Waals surface area contributed by atoms with Gasteiger partial charge >= 0.3 is 0 Å². The molecular formula is C21H13Cl2NO2S. The van der Waals surface area contributed by atoms with Gasteiger partial charge in [-0.1, -0.05) is 71.7 Å². The van der Waals surface area contributed by atoms with E-state index in [-0.39, 0.29) is 17.7 Å². The van der Waals surface area contributed by atoms with Crippen LogP contribution in [0.5, 0.6) is 0 Å². The van der Waals surface area contributed by atoms with Crippen molar-refractivity contribution in [1.82, 2.24) is 4.90 Å². The van der Waals surface area contributed by atoms with Gasteiger partial charge in [-0.15, -0.1) is 0 Å². The lowest BCUT2D eigenvalue weighted by Gasteiger charge is -2.14. The summed E-state index contributed by atoms with van der Waals surface area (Å²) in [6, 6.07) is 18.9. The van der Waals surface area contributed by atoms with Crippen LogP contribution in [0.1, 0.15) is 11.1 Å². The molecule has 0 bridgehead atoms. The number of fused-ring (bicyclic) bond motifs is 1. The molecule has 3 nitrogen and oxygen atoms in total. The lowest BCUT2D eigenvalue weighted by molar-refractivity contribution is -0.123. The summed E-state index contributed by atoms with van der Waals surface area (Å²) >= 11 is 13.3. The molecule has 134 valence electrons. The van der Waals surface area contributed by atoms with E-state index in [9.17, 15) is 9.59 Å². The summed E-state index contributed by atoms with van der Waals surface area (Å²) in [6.07, 6.45) is 1.77. The Bertz CT molecular complexity index is 1080. The molecule has 0 atom stereocenters. The average Bonchev–Trinajstić information content (AvgIpc) is 2.92. The van der Waals surface area contributed by atoms with Gasteiger partial charge in [0.15, 0.2) is 0 Å². The van der Waals surface area contributed by atoms with Crippen LogP contribution in [0.25, 0.3) is 16.8 Å². The number of carbonyl (C=O) groups is 2. The molecule has 0 unspecified atom stereocenters. The van der Waals surface area contributed by atoms with Crippen LogP contribution in [-0.4, -0.2) is 16.0 Å². The third kappa shape index (κ3) is 3.48. The molecular weight excluding hydrogens is 401 g/mol. The molecule has 0 aromatic heterocycles. The van der Waals surface area contributed by atoms with Crippen LogP contribution in [0.3, 0.4) is 0 Å². The minimum absolute atomic E-state index is 0.0516. The molecule has 1 saturated heterocycles. The van der Waals surface area contributed by atoms with Crippen LogP contribution in [0.2, 0.25) is 10.0 Å². The number of nitrogens with zero attached hydrogens (tertiary/aromatic N) is 1. The monoisotopic (exact) mass is 413 g/mol. The van der Waals surface area contributed by atoms with Gasteiger partial charge in [0.2, 0.25) is 0 Å². The first-order valence-corrected chi connectivity index (χ1v) is 9.78. The van der Waals surface area contributed by atoms with Gasteiger partial charge in [-0.25, -0.2) is 0 Å². The van der Waals surface area contributed by atoms with E-state index in [1.54, 1.807) is 24.3 Å². The zero-order chi connectivity index (χ0) is 19.0. The van der Waals surface area contributed by atoms with E-state index in [2.05, 4.69) is 0 Å². The van der Waals surface area contributed by atoms with Gasteiger partial charge in [-0.3, -0.25) is 14.5 Å². The second-order valence-electron chi connectivity index (χ2n) is 6.04. The first-order chi connectivity index (χ1) is 13.0. The smallest absolute Gasteiger partial charge is 0.268 e. The number of hydrogen-bond acceptors (Lipinski definition) is 3. The Morgan fingerprint density at radius 1 is 0.889 bits per heavy atom. The molecule has 3 aromatic carbocycles. The van der Waals surface area contributed by atoms with Crippen molar-refractivity contribution in [2.75, 3.05) is 0 Å². The second-order valence-corrected chi connectivity index (χ2v) is 7.84. The first kappa shape index (κ1) is 18.1. The van der Waals surface area contributed by atoms with E-state index in [1.807, 2.05) is 42.5 Å². The van der Waals surface area contributed by atoms with Gasteiger partial charge in [0.05, 0.1) is 11.4 Å². The van der Waals surface area contributed by atoms with E-state index in [0.717, 1.165) is 28.1 Å². The van der Waals surface area contributed by atoms with Crippen molar-refractivity contribution in [2.24, 2.45) is 0 Å². The third-order valence-electron chi connectivity index (χ3n) is 4.36. The summed E-state index contributed by atoms with van der Waals surface area (Å²) in [5.41, 5.74) is 1.46. The number of thioether (sulfide) groups is 1. The summed E-state index contributed by atoms with van der Waals surface area (Å²) in [5.74, 6) is -0.339. The second kappa shape index (κ2) is 7.39. The van der Waals surface area contributed by atoms with Gasteiger partial charge in [0.1, 0.15) is 0 Å². The Kier molecular flexibility index (Phi) is 4.96. The first-order valence-electron chi connectivity index (χ1n) is 8.20. The molecule has 3 aromatic rings. The zero-order valence-electron chi connectivity index (χ0n) is 14.0. The van der Waals surface area contributed by atoms with Gasteiger partial charge in [0, 0.05) is 15.6 Å². The van der Waals surface area contributed by atoms with E-state index in [4.69, 9.17) is 23.2 Å². The quantitative estimate of drug-likeness (QED) is 0.467. The number of amides is 2. The lowest BCUT2D eigenvalue weighted by Crippen LogP contribution is -2.27. The van der Waals surface area contributed by atoms with Crippen LogP contribution in [0.4, 0.5) is 4.79 Å². The molecule has 1 aliphatic rings. The van der Waals surface area contributed by atoms with Crippen molar-refractivity contribution in [1.29, 1.82) is 0 Å². The van der Waals surface area contributed by atoms with Gasteiger partial charge in [-0.2, -0.15) is 0 Å². The maximum atomic E-state index is 12.8. The van der Waals surface area contributed by atoms with Gasteiger partial charge in [0.25, 0.3) is 11.1 Å². The molecule has 1 heterocycles. The van der Waals surface area contributed by atoms with Gasteiger partial charge in [-0.05, 0) is 46.3 Å². The van der Waals surface area contributed by atoms with Crippen LogP contribution < -0.4 is 0 Å². The Morgan fingerprint density at radius 2 is 1.56 bits per heavy atom. The maximum Gasteiger partial charge on any atom is 0.293 e. The molecule has 27 heavy (non-hydrogen) atoms. The maximum absolute atomic E-state index is 12.8. The van der Waals surface area contributed by atoms with E-state index >= 15 is 0 Å². The van der Waals surface area contributed by atoms with Gasteiger partial charge < -0.3 is 0 Å². The fraction of sp³-hybridized carbons (Fsp3) is 0.0476. The number of rotatable bonds is 3. The molecule has 0 saturated carbocycles. The number of benzene rings is 3. The fourth-order valence-corrected chi connectivity index (χ4v) is 4.34. The van der Waals surface area contributed by atoms with Crippen molar-refractivity contribution >= 4 is 63.0 Å². The molecule has 6 heteroatoms.